The summed E-state index contributed by atoms with van der Waals surface area (Å²) >= 11 is 0. The summed E-state index contributed by atoms with van der Waals surface area (Å²) in [5, 5.41) is 68.4. The molecule has 15 atom stereocenters. The van der Waals surface area contributed by atoms with Crippen LogP contribution in [0.4, 0.5) is 0 Å². The van der Waals surface area contributed by atoms with Crippen LogP contribution >= 0.6 is 0 Å². The Bertz CT molecular complexity index is 851. The Kier molecular flexibility index (Phi) is 14.3. The molecule has 2 aliphatic heterocycles. The van der Waals surface area contributed by atoms with Gasteiger partial charge in [0.1, 0.15) is 42.7 Å². The molecule has 252 valence electrons. The second-order valence-electron chi connectivity index (χ2n) is 11.4. The summed E-state index contributed by atoms with van der Waals surface area (Å²) in [7, 11) is 0. The van der Waals surface area contributed by atoms with E-state index < -0.39 is 104 Å². The van der Waals surface area contributed by atoms with Crippen LogP contribution in [0.5, 0.6) is 0 Å². The largest absolute Gasteiger partial charge is 0.394 e. The van der Waals surface area contributed by atoms with E-state index in [-0.39, 0.29) is 25.8 Å². The number of carbonyl (C=O) groups is 1. The molecule has 1 amide bonds. The van der Waals surface area contributed by atoms with E-state index in [1.807, 2.05) is 0 Å². The number of aliphatic hydroxyl groups is 6. The first-order valence-electron chi connectivity index (χ1n) is 14.7. The summed E-state index contributed by atoms with van der Waals surface area (Å²) in [6.07, 6.45) is -13.0. The molecule has 1 saturated carbocycles. The third-order valence-electron chi connectivity index (χ3n) is 8.11. The number of hydrogen-bond acceptors (Lipinski definition) is 17. The van der Waals surface area contributed by atoms with Gasteiger partial charge in [-0.15, -0.1) is 0 Å². The van der Waals surface area contributed by atoms with E-state index in [0.717, 1.165) is 6.42 Å². The van der Waals surface area contributed by atoms with Gasteiger partial charge in [-0.05, 0) is 45.3 Å². The van der Waals surface area contributed by atoms with Crippen LogP contribution in [0, 0.1) is 0 Å². The van der Waals surface area contributed by atoms with Crippen molar-refractivity contribution in [1.82, 2.24) is 10.6 Å². The minimum absolute atomic E-state index is 0.0230. The summed E-state index contributed by atoms with van der Waals surface area (Å²) in [4.78, 5) is 12.7. The molecule has 0 aromatic carbocycles. The van der Waals surface area contributed by atoms with Gasteiger partial charge in [0.2, 0.25) is 5.91 Å². The van der Waals surface area contributed by atoms with Gasteiger partial charge in [0.25, 0.3) is 0 Å². The first kappa shape index (κ1) is 36.3. The maximum atomic E-state index is 12.7. The van der Waals surface area contributed by atoms with Gasteiger partial charge in [-0.1, -0.05) is 0 Å². The van der Waals surface area contributed by atoms with E-state index in [1.165, 1.54) is 0 Å². The van der Waals surface area contributed by atoms with E-state index in [9.17, 15) is 35.4 Å². The molecule has 0 aromatic rings. The standard InChI is InChI=1S/C25H51N7O11/c26-3-1-5-31-8-15-14(35)7-11(29)24(40-15)42-21-10(28)6-12(32-23(39)13(34)2-4-27)22(20(21)38)43-25-19(37)17(30)18(36)16(9-33)41-25/h10-22,24-25,31,33-38H,1-9,26-30H2,(H,32,39)/t10-,11+,12+,13-,14-,15+,16+,17-,18+,19+,20-,21?,22-,24+,25+/m0/s1. The van der Waals surface area contributed by atoms with Gasteiger partial charge in [-0.3, -0.25) is 4.79 Å². The normalized spacial score (nSPS) is 42.9. The molecule has 3 rings (SSSR count). The fraction of sp³-hybridized carbons (Fsp3) is 0.960. The van der Waals surface area contributed by atoms with Gasteiger partial charge >= 0.3 is 0 Å². The summed E-state index contributed by atoms with van der Waals surface area (Å²) < 4.78 is 23.5. The Balaban J connectivity index is 1.79. The second kappa shape index (κ2) is 16.9. The van der Waals surface area contributed by atoms with Crippen LogP contribution in [0.1, 0.15) is 25.7 Å². The Morgan fingerprint density at radius 2 is 1.56 bits per heavy atom. The Labute approximate surface area is 250 Å². The molecule has 3 aliphatic rings. The first-order chi connectivity index (χ1) is 20.4. The zero-order valence-corrected chi connectivity index (χ0v) is 24.1. The lowest BCUT2D eigenvalue weighted by atomic mass is 9.83. The third kappa shape index (κ3) is 9.19. The quantitative estimate of drug-likeness (QED) is 0.0797. The predicted molar refractivity (Wildman–Crippen MR) is 149 cm³/mol. The van der Waals surface area contributed by atoms with Crippen LogP contribution in [0.3, 0.4) is 0 Å². The molecule has 3 fully saturated rings. The lowest BCUT2D eigenvalue weighted by Crippen LogP contribution is -2.69. The minimum Gasteiger partial charge on any atom is -0.394 e. The van der Waals surface area contributed by atoms with Crippen LogP contribution in [0.2, 0.25) is 0 Å². The zero-order valence-electron chi connectivity index (χ0n) is 24.1. The van der Waals surface area contributed by atoms with Gasteiger partial charge in [0.15, 0.2) is 12.6 Å². The van der Waals surface area contributed by atoms with Gasteiger partial charge < -0.3 is 88.9 Å². The predicted octanol–water partition coefficient (Wildman–Crippen LogP) is -7.45. The molecule has 18 nitrogen and oxygen atoms in total. The van der Waals surface area contributed by atoms with Crippen molar-refractivity contribution in [3.05, 3.63) is 0 Å². The first-order valence-corrected chi connectivity index (χ1v) is 14.7. The monoisotopic (exact) mass is 625 g/mol. The van der Waals surface area contributed by atoms with E-state index in [1.54, 1.807) is 0 Å². The van der Waals surface area contributed by atoms with Crippen molar-refractivity contribution in [1.29, 1.82) is 0 Å². The number of amides is 1. The van der Waals surface area contributed by atoms with Crippen LogP contribution in [0.15, 0.2) is 0 Å². The van der Waals surface area contributed by atoms with Gasteiger partial charge in [-0.25, -0.2) is 0 Å². The fourth-order valence-electron chi connectivity index (χ4n) is 5.54. The maximum absolute atomic E-state index is 12.7. The number of nitrogens with two attached hydrogens (primary N) is 5. The van der Waals surface area contributed by atoms with Crippen molar-refractivity contribution in [2.45, 2.75) is 117 Å². The molecular formula is C25H51N7O11. The number of nitrogens with one attached hydrogen (secondary N) is 2. The summed E-state index contributed by atoms with van der Waals surface area (Å²) in [5.74, 6) is -0.787. The van der Waals surface area contributed by atoms with E-state index >= 15 is 0 Å². The second-order valence-corrected chi connectivity index (χ2v) is 11.4. The smallest absolute Gasteiger partial charge is 0.249 e. The van der Waals surface area contributed by atoms with Crippen molar-refractivity contribution in [3.63, 3.8) is 0 Å². The molecular weight excluding hydrogens is 574 g/mol. The van der Waals surface area contributed by atoms with Gasteiger partial charge in [-0.2, -0.15) is 0 Å². The molecule has 0 radical (unpaired) electrons. The maximum Gasteiger partial charge on any atom is 0.249 e. The lowest BCUT2D eigenvalue weighted by molar-refractivity contribution is -0.316. The van der Waals surface area contributed by atoms with Crippen molar-refractivity contribution >= 4 is 5.91 Å². The van der Waals surface area contributed by atoms with E-state index in [4.69, 9.17) is 47.6 Å². The molecule has 2 heterocycles. The number of hydrogen-bond donors (Lipinski definition) is 13. The van der Waals surface area contributed by atoms with E-state index in [2.05, 4.69) is 10.6 Å². The topological polar surface area (TPSA) is 330 Å². The summed E-state index contributed by atoms with van der Waals surface area (Å²) in [6.45, 7) is 0.824. The average Bonchev–Trinajstić information content (AvgIpc) is 2.97. The number of carbonyl (C=O) groups excluding carboxylic acids is 1. The fourth-order valence-corrected chi connectivity index (χ4v) is 5.54. The molecule has 18 heteroatoms. The zero-order chi connectivity index (χ0) is 31.8. The third-order valence-corrected chi connectivity index (χ3v) is 8.11. The lowest BCUT2D eigenvalue weighted by Gasteiger charge is -2.48. The van der Waals surface area contributed by atoms with Crippen LogP contribution in [-0.2, 0) is 23.7 Å². The molecule has 2 saturated heterocycles. The number of rotatable bonds is 14. The van der Waals surface area contributed by atoms with Crippen molar-refractivity contribution in [2.24, 2.45) is 28.7 Å². The summed E-state index contributed by atoms with van der Waals surface area (Å²) in [5.41, 5.74) is 29.5. The molecule has 0 spiro atoms. The molecule has 1 unspecified atom stereocenters. The van der Waals surface area contributed by atoms with Crippen molar-refractivity contribution in [2.75, 3.05) is 32.8 Å². The van der Waals surface area contributed by atoms with Crippen molar-refractivity contribution < 1.29 is 54.4 Å². The van der Waals surface area contributed by atoms with Crippen molar-refractivity contribution in [3.8, 4) is 0 Å². The Hall–Kier alpha value is -1.17. The van der Waals surface area contributed by atoms with Crippen LogP contribution < -0.4 is 39.3 Å². The number of aliphatic hydroxyl groups excluding tert-OH is 6. The van der Waals surface area contributed by atoms with Gasteiger partial charge in [0.05, 0.1) is 36.9 Å². The van der Waals surface area contributed by atoms with Crippen LogP contribution in [-0.4, -0.2) is 161 Å². The highest BCUT2D eigenvalue weighted by molar-refractivity contribution is 5.80. The molecule has 18 N–H and O–H groups in total. The number of ether oxygens (including phenoxy) is 4. The molecule has 43 heavy (non-hydrogen) atoms. The SMILES string of the molecule is NCCCNC[C@H]1O[C@H](OC2[C@@H](N)C[C@@H](NC(=O)[C@@H](O)CCN)[C@H](O[C@H]3O[C@H](CO)[C@@H](O)[C@H](N)[C@H]3O)[C@H]2O)[C@H](N)C[C@@H]1O. The van der Waals surface area contributed by atoms with Crippen LogP contribution in [0.25, 0.3) is 0 Å². The summed E-state index contributed by atoms with van der Waals surface area (Å²) in [6, 6.07) is -3.95. The highest BCUT2D eigenvalue weighted by atomic mass is 16.7. The Morgan fingerprint density at radius 3 is 2.21 bits per heavy atom. The molecule has 1 aliphatic carbocycles. The Morgan fingerprint density at radius 1 is 0.884 bits per heavy atom. The molecule has 0 aromatic heterocycles. The molecule has 0 bridgehead atoms. The van der Waals surface area contributed by atoms with E-state index in [0.29, 0.717) is 19.6 Å². The minimum atomic E-state index is -1.58. The van der Waals surface area contributed by atoms with Gasteiger partial charge in [0, 0.05) is 12.6 Å². The highest BCUT2D eigenvalue weighted by Gasteiger charge is 2.51. The average molecular weight is 626 g/mol. The highest BCUT2D eigenvalue weighted by Crippen LogP contribution is 2.31.